The van der Waals surface area contributed by atoms with Gasteiger partial charge >= 0.3 is 0 Å². The van der Waals surface area contributed by atoms with Crippen molar-refractivity contribution in [2.45, 2.75) is 53.1 Å². The molecule has 2 aromatic carbocycles. The lowest BCUT2D eigenvalue weighted by Crippen LogP contribution is -2.49. The van der Waals surface area contributed by atoms with Gasteiger partial charge < -0.3 is 14.5 Å². The van der Waals surface area contributed by atoms with Crippen LogP contribution in [0.3, 0.4) is 0 Å². The topological polar surface area (TPSA) is 28.1 Å². The minimum absolute atomic E-state index is 0.00945. The predicted molar refractivity (Wildman–Crippen MR) is 133 cm³/mol. The molecule has 2 aromatic rings. The van der Waals surface area contributed by atoms with Gasteiger partial charge in [0.05, 0.1) is 24.4 Å². The first-order valence-electron chi connectivity index (χ1n) is 11.4. The second kappa shape index (κ2) is 8.51. The highest BCUT2D eigenvalue weighted by Gasteiger charge is 2.33. The fourth-order valence-electron chi connectivity index (χ4n) is 5.01. The van der Waals surface area contributed by atoms with Crippen LogP contribution in [0.25, 0.3) is 5.57 Å². The lowest BCUT2D eigenvalue weighted by molar-refractivity contribution is 0.122. The summed E-state index contributed by atoms with van der Waals surface area (Å²) in [7, 11) is 0. The zero-order chi connectivity index (χ0) is 22.2. The molecule has 1 saturated heterocycles. The molecule has 0 unspecified atom stereocenters. The van der Waals surface area contributed by atoms with E-state index in [2.05, 4.69) is 93.8 Å². The Labute approximate surface area is 187 Å². The first kappa shape index (κ1) is 21.6. The normalized spacial score (nSPS) is 18.5. The SMILES string of the molecule is CC1=CC(C)(C)N(C(C)C)c2cc(C)c(C=Nc3ccc(N4CCOCC4)cc3)cc21. The number of hydrogen-bond donors (Lipinski definition) is 0. The quantitative estimate of drug-likeness (QED) is 0.572. The summed E-state index contributed by atoms with van der Waals surface area (Å²) in [6, 6.07) is 13.6. The van der Waals surface area contributed by atoms with Gasteiger partial charge in [-0.15, -0.1) is 0 Å². The molecule has 31 heavy (non-hydrogen) atoms. The molecule has 0 bridgehead atoms. The zero-order valence-corrected chi connectivity index (χ0v) is 19.8. The van der Waals surface area contributed by atoms with Crippen LogP contribution in [0.1, 0.15) is 51.3 Å². The molecule has 2 aliphatic rings. The first-order valence-corrected chi connectivity index (χ1v) is 11.4. The van der Waals surface area contributed by atoms with E-state index in [-0.39, 0.29) is 5.54 Å². The monoisotopic (exact) mass is 417 g/mol. The highest BCUT2D eigenvalue weighted by atomic mass is 16.5. The molecule has 0 saturated carbocycles. The van der Waals surface area contributed by atoms with E-state index in [0.717, 1.165) is 32.0 Å². The maximum Gasteiger partial charge on any atom is 0.0642 e. The largest absolute Gasteiger partial charge is 0.378 e. The van der Waals surface area contributed by atoms with Crippen molar-refractivity contribution in [2.24, 2.45) is 4.99 Å². The molecule has 4 rings (SSSR count). The lowest BCUT2D eigenvalue weighted by Gasteiger charge is -2.46. The Morgan fingerprint density at radius 1 is 1.03 bits per heavy atom. The third-order valence-corrected chi connectivity index (χ3v) is 6.35. The van der Waals surface area contributed by atoms with Gasteiger partial charge in [-0.3, -0.25) is 4.99 Å². The summed E-state index contributed by atoms with van der Waals surface area (Å²) in [5.74, 6) is 0. The van der Waals surface area contributed by atoms with Crippen LogP contribution in [0.15, 0.2) is 47.5 Å². The summed E-state index contributed by atoms with van der Waals surface area (Å²) in [6.45, 7) is 17.0. The number of ether oxygens (including phenoxy) is 1. The fourth-order valence-corrected chi connectivity index (χ4v) is 5.01. The summed E-state index contributed by atoms with van der Waals surface area (Å²) in [5, 5.41) is 0. The van der Waals surface area contributed by atoms with E-state index in [0.29, 0.717) is 6.04 Å². The summed E-state index contributed by atoms with van der Waals surface area (Å²) in [6.07, 6.45) is 4.39. The van der Waals surface area contributed by atoms with Crippen LogP contribution in [0.5, 0.6) is 0 Å². The predicted octanol–water partition coefficient (Wildman–Crippen LogP) is 5.99. The standard InChI is InChI=1S/C27H35N3O/c1-19(2)30-26-15-20(3)22(16-25(26)21(4)17-27(30,5)6)18-28-23-7-9-24(10-8-23)29-11-13-31-14-12-29/h7-10,15-19H,11-14H2,1-6H3. The molecule has 0 aliphatic carbocycles. The minimum atomic E-state index is 0.00945. The molecule has 164 valence electrons. The lowest BCUT2D eigenvalue weighted by atomic mass is 9.86. The second-order valence-corrected chi connectivity index (χ2v) is 9.54. The van der Waals surface area contributed by atoms with Crippen LogP contribution in [-0.2, 0) is 4.74 Å². The fraction of sp³-hybridized carbons (Fsp3) is 0.444. The van der Waals surface area contributed by atoms with Crippen molar-refractivity contribution in [3.63, 3.8) is 0 Å². The van der Waals surface area contributed by atoms with Crippen LogP contribution in [-0.4, -0.2) is 44.1 Å². The van der Waals surface area contributed by atoms with Crippen molar-refractivity contribution in [1.82, 2.24) is 0 Å². The van der Waals surface area contributed by atoms with Gasteiger partial charge in [-0.1, -0.05) is 6.08 Å². The molecule has 0 spiro atoms. The van der Waals surface area contributed by atoms with Gasteiger partial charge in [0.15, 0.2) is 0 Å². The van der Waals surface area contributed by atoms with E-state index in [1.807, 2.05) is 6.21 Å². The molecule has 0 N–H and O–H groups in total. The van der Waals surface area contributed by atoms with Crippen molar-refractivity contribution in [3.05, 3.63) is 59.2 Å². The Kier molecular flexibility index (Phi) is 5.94. The van der Waals surface area contributed by atoms with Gasteiger partial charge in [-0.25, -0.2) is 0 Å². The Hall–Kier alpha value is -2.59. The Bertz CT molecular complexity index is 996. The smallest absolute Gasteiger partial charge is 0.0642 e. The van der Waals surface area contributed by atoms with Crippen molar-refractivity contribution in [3.8, 4) is 0 Å². The molecule has 4 heteroatoms. The molecule has 0 amide bonds. The van der Waals surface area contributed by atoms with Crippen molar-refractivity contribution >= 4 is 28.8 Å². The average Bonchev–Trinajstić information content (AvgIpc) is 2.72. The number of anilines is 2. The number of aliphatic imine (C=N–C) groups is 1. The number of nitrogens with zero attached hydrogens (tertiary/aromatic N) is 3. The maximum atomic E-state index is 5.45. The molecule has 1 fully saturated rings. The number of morpholine rings is 1. The van der Waals surface area contributed by atoms with Gasteiger partial charge in [-0.2, -0.15) is 0 Å². The molecule has 2 heterocycles. The Balaban J connectivity index is 1.60. The molecule has 0 aromatic heterocycles. The van der Waals surface area contributed by atoms with E-state index in [1.54, 1.807) is 0 Å². The number of allylic oxidation sites excluding steroid dienone is 1. The van der Waals surface area contributed by atoms with E-state index < -0.39 is 0 Å². The molecular weight excluding hydrogens is 382 g/mol. The summed E-state index contributed by atoms with van der Waals surface area (Å²) in [5.41, 5.74) is 8.62. The molecule has 0 radical (unpaired) electrons. The van der Waals surface area contributed by atoms with E-state index in [9.17, 15) is 0 Å². The van der Waals surface area contributed by atoms with Gasteiger partial charge in [0, 0.05) is 42.3 Å². The number of aryl methyl sites for hydroxylation is 1. The van der Waals surface area contributed by atoms with Crippen molar-refractivity contribution < 1.29 is 4.74 Å². The molecular formula is C27H35N3O. The second-order valence-electron chi connectivity index (χ2n) is 9.54. The van der Waals surface area contributed by atoms with Crippen LogP contribution in [0.2, 0.25) is 0 Å². The van der Waals surface area contributed by atoms with Gasteiger partial charge in [0.25, 0.3) is 0 Å². The van der Waals surface area contributed by atoms with Gasteiger partial charge in [-0.05, 0) is 94.6 Å². The molecule has 4 nitrogen and oxygen atoms in total. The average molecular weight is 418 g/mol. The molecule has 2 aliphatic heterocycles. The Morgan fingerprint density at radius 3 is 2.35 bits per heavy atom. The minimum Gasteiger partial charge on any atom is -0.378 e. The third-order valence-electron chi connectivity index (χ3n) is 6.35. The van der Waals surface area contributed by atoms with Crippen LogP contribution in [0, 0.1) is 6.92 Å². The number of rotatable bonds is 4. The van der Waals surface area contributed by atoms with Crippen molar-refractivity contribution in [1.29, 1.82) is 0 Å². The zero-order valence-electron chi connectivity index (χ0n) is 19.8. The van der Waals surface area contributed by atoms with Crippen LogP contribution >= 0.6 is 0 Å². The van der Waals surface area contributed by atoms with E-state index in [1.165, 1.54) is 33.6 Å². The van der Waals surface area contributed by atoms with Crippen LogP contribution in [0.4, 0.5) is 17.1 Å². The van der Waals surface area contributed by atoms with E-state index >= 15 is 0 Å². The van der Waals surface area contributed by atoms with Gasteiger partial charge in [0.2, 0.25) is 0 Å². The van der Waals surface area contributed by atoms with E-state index in [4.69, 9.17) is 9.73 Å². The highest BCUT2D eigenvalue weighted by Crippen LogP contribution is 2.41. The summed E-state index contributed by atoms with van der Waals surface area (Å²) < 4.78 is 5.45. The number of benzene rings is 2. The molecule has 0 atom stereocenters. The summed E-state index contributed by atoms with van der Waals surface area (Å²) in [4.78, 5) is 9.66. The van der Waals surface area contributed by atoms with Crippen LogP contribution < -0.4 is 9.80 Å². The third kappa shape index (κ3) is 4.40. The van der Waals surface area contributed by atoms with Gasteiger partial charge in [0.1, 0.15) is 0 Å². The highest BCUT2D eigenvalue weighted by molar-refractivity contribution is 5.90. The number of fused-ring (bicyclic) bond motifs is 1. The number of hydrogen-bond acceptors (Lipinski definition) is 4. The maximum absolute atomic E-state index is 5.45. The van der Waals surface area contributed by atoms with Crippen molar-refractivity contribution in [2.75, 3.05) is 36.1 Å². The Morgan fingerprint density at radius 2 is 1.71 bits per heavy atom. The summed E-state index contributed by atoms with van der Waals surface area (Å²) >= 11 is 0. The first-order chi connectivity index (χ1) is 14.8.